The molecule has 0 spiro atoms. The van der Waals surface area contributed by atoms with Crippen LogP contribution in [-0.4, -0.2) is 13.6 Å². The molecule has 0 aliphatic carbocycles. The number of hydrogen-bond donors (Lipinski definition) is 1. The van der Waals surface area contributed by atoms with E-state index in [1.54, 1.807) is 11.3 Å². The average molecular weight is 281 g/mol. The summed E-state index contributed by atoms with van der Waals surface area (Å²) in [6.07, 6.45) is 0.809. The topological polar surface area (TPSA) is 29.3 Å². The number of anilines is 1. The zero-order valence-electron chi connectivity index (χ0n) is 10.4. The van der Waals surface area contributed by atoms with Crippen molar-refractivity contribution in [1.29, 1.82) is 0 Å². The molecule has 0 amide bonds. The Hall–Kier alpha value is -1.03. The fourth-order valence-electron chi connectivity index (χ4n) is 2.04. The third kappa shape index (κ3) is 3.05. The third-order valence-corrected chi connectivity index (χ3v) is 3.99. The van der Waals surface area contributed by atoms with Crippen LogP contribution in [0.3, 0.4) is 0 Å². The lowest BCUT2D eigenvalue weighted by molar-refractivity contribution is 0.895. The molecular weight excluding hydrogens is 264 g/mol. The minimum atomic E-state index is 0.614. The molecule has 1 aromatic heterocycles. The minimum absolute atomic E-state index is 0.614. The van der Waals surface area contributed by atoms with Gasteiger partial charge in [-0.2, -0.15) is 11.3 Å². The molecule has 0 aliphatic heterocycles. The van der Waals surface area contributed by atoms with Gasteiger partial charge in [0.1, 0.15) is 0 Å². The van der Waals surface area contributed by atoms with Crippen LogP contribution in [0.1, 0.15) is 11.1 Å². The second kappa shape index (κ2) is 6.23. The van der Waals surface area contributed by atoms with Crippen molar-refractivity contribution in [3.05, 3.63) is 51.2 Å². The monoisotopic (exact) mass is 280 g/mol. The Morgan fingerprint density at radius 3 is 2.83 bits per heavy atom. The zero-order valence-corrected chi connectivity index (χ0v) is 12.0. The molecule has 2 rings (SSSR count). The molecule has 4 heteroatoms. The van der Waals surface area contributed by atoms with Crippen LogP contribution < -0.4 is 10.6 Å². The predicted molar refractivity (Wildman–Crippen MR) is 80.6 cm³/mol. The van der Waals surface area contributed by atoms with Gasteiger partial charge < -0.3 is 10.6 Å². The van der Waals surface area contributed by atoms with Gasteiger partial charge in [-0.1, -0.05) is 17.7 Å². The lowest BCUT2D eigenvalue weighted by atomic mass is 10.1. The maximum atomic E-state index is 6.25. The molecule has 2 N–H and O–H groups in total. The fraction of sp³-hybridized carbons (Fsp3) is 0.286. The molecule has 0 bridgehead atoms. The van der Waals surface area contributed by atoms with Crippen LogP contribution >= 0.6 is 22.9 Å². The van der Waals surface area contributed by atoms with Gasteiger partial charge in [-0.05, 0) is 53.1 Å². The first-order chi connectivity index (χ1) is 8.72. The van der Waals surface area contributed by atoms with Crippen LogP contribution in [0, 0.1) is 0 Å². The number of benzene rings is 1. The van der Waals surface area contributed by atoms with Crippen LogP contribution in [0.25, 0.3) is 0 Å². The number of rotatable bonds is 5. The van der Waals surface area contributed by atoms with E-state index in [0.29, 0.717) is 6.54 Å². The van der Waals surface area contributed by atoms with Crippen molar-refractivity contribution in [2.45, 2.75) is 13.0 Å². The van der Waals surface area contributed by atoms with E-state index in [2.05, 4.69) is 34.8 Å². The SMILES string of the molecule is CN(Cc1ccsc1)c1cccc(Cl)c1CCN. The summed E-state index contributed by atoms with van der Waals surface area (Å²) in [5.74, 6) is 0. The molecule has 2 nitrogen and oxygen atoms in total. The van der Waals surface area contributed by atoms with Gasteiger partial charge in [-0.25, -0.2) is 0 Å². The van der Waals surface area contributed by atoms with Crippen LogP contribution in [0.15, 0.2) is 35.0 Å². The van der Waals surface area contributed by atoms with Crippen molar-refractivity contribution in [2.75, 3.05) is 18.5 Å². The molecule has 0 fully saturated rings. The van der Waals surface area contributed by atoms with Gasteiger partial charge in [0, 0.05) is 24.3 Å². The predicted octanol–water partition coefficient (Wildman–Crippen LogP) is 3.54. The van der Waals surface area contributed by atoms with Crippen molar-refractivity contribution in [3.8, 4) is 0 Å². The van der Waals surface area contributed by atoms with E-state index in [4.69, 9.17) is 17.3 Å². The van der Waals surface area contributed by atoms with Crippen molar-refractivity contribution in [3.63, 3.8) is 0 Å². The summed E-state index contributed by atoms with van der Waals surface area (Å²) < 4.78 is 0. The van der Waals surface area contributed by atoms with Crippen LogP contribution in [-0.2, 0) is 13.0 Å². The van der Waals surface area contributed by atoms with Crippen LogP contribution in [0.4, 0.5) is 5.69 Å². The molecule has 2 aromatic rings. The van der Waals surface area contributed by atoms with E-state index >= 15 is 0 Å². The van der Waals surface area contributed by atoms with Crippen LogP contribution in [0.2, 0.25) is 5.02 Å². The van der Waals surface area contributed by atoms with Crippen LogP contribution in [0.5, 0.6) is 0 Å². The maximum Gasteiger partial charge on any atom is 0.0459 e. The van der Waals surface area contributed by atoms with E-state index in [9.17, 15) is 0 Å². The van der Waals surface area contributed by atoms with E-state index in [-0.39, 0.29) is 0 Å². The second-order valence-electron chi connectivity index (χ2n) is 4.26. The first kappa shape index (κ1) is 13.4. The molecule has 1 heterocycles. The largest absolute Gasteiger partial charge is 0.370 e. The summed E-state index contributed by atoms with van der Waals surface area (Å²) in [5, 5.41) is 5.07. The molecule has 1 aromatic carbocycles. The first-order valence-electron chi connectivity index (χ1n) is 5.92. The molecule has 0 aliphatic rings. The van der Waals surface area contributed by atoms with Gasteiger partial charge in [-0.15, -0.1) is 0 Å². The van der Waals surface area contributed by atoms with Crippen molar-refractivity contribution >= 4 is 28.6 Å². The Labute approximate surface area is 117 Å². The average Bonchev–Trinajstić information content (AvgIpc) is 2.84. The molecule has 0 saturated heterocycles. The number of nitrogens with zero attached hydrogens (tertiary/aromatic N) is 1. The molecule has 0 saturated carbocycles. The van der Waals surface area contributed by atoms with Crippen molar-refractivity contribution in [2.24, 2.45) is 5.73 Å². The second-order valence-corrected chi connectivity index (χ2v) is 5.45. The molecule has 18 heavy (non-hydrogen) atoms. The Morgan fingerprint density at radius 2 is 2.17 bits per heavy atom. The van der Waals surface area contributed by atoms with E-state index in [0.717, 1.165) is 23.6 Å². The molecule has 96 valence electrons. The lowest BCUT2D eigenvalue weighted by Gasteiger charge is -2.22. The normalized spacial score (nSPS) is 10.6. The summed E-state index contributed by atoms with van der Waals surface area (Å²) in [6.45, 7) is 1.50. The Balaban J connectivity index is 2.23. The number of halogens is 1. The Morgan fingerprint density at radius 1 is 1.33 bits per heavy atom. The van der Waals surface area contributed by atoms with Gasteiger partial charge in [0.15, 0.2) is 0 Å². The van der Waals surface area contributed by atoms with Gasteiger partial charge in [-0.3, -0.25) is 0 Å². The summed E-state index contributed by atoms with van der Waals surface area (Å²) in [6, 6.07) is 8.16. The Kier molecular flexibility index (Phi) is 4.64. The summed E-state index contributed by atoms with van der Waals surface area (Å²) >= 11 is 7.98. The highest BCUT2D eigenvalue weighted by Gasteiger charge is 2.10. The third-order valence-electron chi connectivity index (χ3n) is 2.90. The van der Waals surface area contributed by atoms with Gasteiger partial charge >= 0.3 is 0 Å². The number of nitrogens with two attached hydrogens (primary N) is 1. The summed E-state index contributed by atoms with van der Waals surface area (Å²) in [4.78, 5) is 2.22. The van der Waals surface area contributed by atoms with Gasteiger partial charge in [0.05, 0.1) is 0 Å². The summed E-state index contributed by atoms with van der Waals surface area (Å²) in [7, 11) is 2.09. The highest BCUT2D eigenvalue weighted by Crippen LogP contribution is 2.28. The standard InChI is InChI=1S/C14H17ClN2S/c1-17(9-11-6-8-18-10-11)14-4-2-3-13(15)12(14)5-7-16/h2-4,6,8,10H,5,7,9,16H2,1H3. The highest BCUT2D eigenvalue weighted by molar-refractivity contribution is 7.07. The summed E-state index contributed by atoms with van der Waals surface area (Å²) in [5.41, 5.74) is 9.28. The van der Waals surface area contributed by atoms with Gasteiger partial charge in [0.2, 0.25) is 0 Å². The number of hydrogen-bond acceptors (Lipinski definition) is 3. The molecular formula is C14H17ClN2S. The minimum Gasteiger partial charge on any atom is -0.370 e. The maximum absolute atomic E-state index is 6.25. The van der Waals surface area contributed by atoms with Gasteiger partial charge in [0.25, 0.3) is 0 Å². The van der Waals surface area contributed by atoms with E-state index in [1.807, 2.05) is 12.1 Å². The van der Waals surface area contributed by atoms with Crippen molar-refractivity contribution in [1.82, 2.24) is 0 Å². The van der Waals surface area contributed by atoms with E-state index < -0.39 is 0 Å². The molecule has 0 radical (unpaired) electrons. The zero-order chi connectivity index (χ0) is 13.0. The van der Waals surface area contributed by atoms with E-state index in [1.165, 1.54) is 11.3 Å². The first-order valence-corrected chi connectivity index (χ1v) is 7.24. The molecule has 0 unspecified atom stereocenters. The lowest BCUT2D eigenvalue weighted by Crippen LogP contribution is -2.18. The number of thiophene rings is 1. The quantitative estimate of drug-likeness (QED) is 0.908. The fourth-order valence-corrected chi connectivity index (χ4v) is 2.96. The molecule has 0 atom stereocenters. The highest BCUT2D eigenvalue weighted by atomic mass is 35.5. The van der Waals surface area contributed by atoms with Crippen molar-refractivity contribution < 1.29 is 0 Å². The Bertz CT molecular complexity index is 497. The smallest absolute Gasteiger partial charge is 0.0459 e.